The number of nitro groups is 1. The highest BCUT2D eigenvalue weighted by Gasteiger charge is 2.27. The van der Waals surface area contributed by atoms with Gasteiger partial charge in [0, 0.05) is 41.2 Å². The van der Waals surface area contributed by atoms with Gasteiger partial charge in [0.05, 0.1) is 0 Å². The van der Waals surface area contributed by atoms with Gasteiger partial charge in [-0.2, -0.15) is 0 Å². The van der Waals surface area contributed by atoms with Crippen molar-refractivity contribution in [1.82, 2.24) is 19.9 Å². The molecule has 1 aliphatic rings. The number of imidazole rings is 1. The van der Waals surface area contributed by atoms with Crippen LogP contribution in [0.1, 0.15) is 24.6 Å². The maximum absolute atomic E-state index is 9.89. The Kier molecular flexibility index (Phi) is 5.80. The largest absolute Gasteiger partial charge is 0.455 e. The van der Waals surface area contributed by atoms with E-state index in [9.17, 15) is 10.1 Å². The zero-order chi connectivity index (χ0) is 21.8. The summed E-state index contributed by atoms with van der Waals surface area (Å²) in [5.74, 6) is 3.19. The third kappa shape index (κ3) is 5.37. The van der Waals surface area contributed by atoms with Gasteiger partial charge >= 0.3 is 0 Å². The van der Waals surface area contributed by atoms with Crippen molar-refractivity contribution in [3.05, 3.63) is 75.8 Å². The van der Waals surface area contributed by atoms with Crippen LogP contribution in [0.15, 0.2) is 54.9 Å². The number of hydrogen-bond acceptors (Lipinski definition) is 7. The van der Waals surface area contributed by atoms with Crippen molar-refractivity contribution < 1.29 is 9.77 Å². The van der Waals surface area contributed by atoms with Crippen LogP contribution in [0.4, 0.5) is 11.5 Å². The number of ether oxygens (including phenoxy) is 1. The van der Waals surface area contributed by atoms with E-state index < -0.39 is 5.03 Å². The average molecular weight is 440 g/mol. The van der Waals surface area contributed by atoms with Crippen molar-refractivity contribution in [2.75, 3.05) is 11.2 Å². The van der Waals surface area contributed by atoms with Gasteiger partial charge in [0.25, 0.3) is 0 Å². The van der Waals surface area contributed by atoms with E-state index >= 15 is 0 Å². The van der Waals surface area contributed by atoms with E-state index in [0.717, 1.165) is 28.5 Å². The first-order valence-electron chi connectivity index (χ1n) is 9.38. The van der Waals surface area contributed by atoms with Crippen LogP contribution in [-0.2, 0) is 0 Å². The van der Waals surface area contributed by atoms with Crippen LogP contribution < -0.4 is 15.9 Å². The van der Waals surface area contributed by atoms with Gasteiger partial charge in [0.2, 0.25) is 0 Å². The Hall–Kier alpha value is -3.92. The average Bonchev–Trinajstić information content (AvgIpc) is 3.49. The predicted molar refractivity (Wildman–Crippen MR) is 117 cm³/mol. The number of nitrogen functional groups attached to an aromatic ring is 1. The predicted octanol–water partition coefficient (Wildman–Crippen LogP) is 4.55. The molecule has 1 fully saturated rings. The second-order valence-electron chi connectivity index (χ2n) is 6.80. The monoisotopic (exact) mass is 439 g/mol. The van der Waals surface area contributed by atoms with Crippen LogP contribution >= 0.6 is 11.6 Å². The number of pyridine rings is 2. The Morgan fingerprint density at radius 3 is 2.58 bits per heavy atom. The molecule has 1 aliphatic carbocycles. The standard InChI is InChI=1S/C15H14N4O.C5H4ClN3O2/c16-10-3-5-11(6-4-10)20-12-7-8-17-15-13(12)18-14(19-15)9-1-2-9;6-4-1-2-7-5(3-4)8-9(10)11/h3-9H,1-2,16H2,(H,17,18,19);1-3H,(H,7,8). The van der Waals surface area contributed by atoms with Crippen molar-refractivity contribution in [1.29, 1.82) is 0 Å². The van der Waals surface area contributed by atoms with E-state index in [4.69, 9.17) is 22.1 Å². The molecule has 0 bridgehead atoms. The molecule has 0 unspecified atom stereocenters. The Morgan fingerprint density at radius 1 is 1.16 bits per heavy atom. The zero-order valence-electron chi connectivity index (χ0n) is 16.2. The number of nitrogens with one attached hydrogen (secondary N) is 2. The van der Waals surface area contributed by atoms with Gasteiger partial charge in [-0.3, -0.25) is 0 Å². The molecule has 4 aromatic rings. The minimum absolute atomic E-state index is 0.127. The number of halogens is 1. The topological polar surface area (TPSA) is 145 Å². The highest BCUT2D eigenvalue weighted by molar-refractivity contribution is 6.30. The fourth-order valence-corrected chi connectivity index (χ4v) is 2.92. The molecule has 4 N–H and O–H groups in total. The van der Waals surface area contributed by atoms with Gasteiger partial charge < -0.3 is 15.5 Å². The molecule has 31 heavy (non-hydrogen) atoms. The molecule has 0 spiro atoms. The van der Waals surface area contributed by atoms with E-state index in [1.54, 1.807) is 6.20 Å². The summed E-state index contributed by atoms with van der Waals surface area (Å²) in [5, 5.41) is 9.60. The first kappa shape index (κ1) is 20.4. The smallest absolute Gasteiger partial charge is 0.192 e. The number of H-pyrrole nitrogens is 1. The summed E-state index contributed by atoms with van der Waals surface area (Å²) in [6.45, 7) is 0. The number of rotatable bonds is 5. The summed E-state index contributed by atoms with van der Waals surface area (Å²) in [5.41, 5.74) is 9.82. The molecule has 0 radical (unpaired) electrons. The van der Waals surface area contributed by atoms with Gasteiger partial charge in [0.15, 0.2) is 22.2 Å². The Labute approximate surface area is 181 Å². The van der Waals surface area contributed by atoms with Gasteiger partial charge in [-0.1, -0.05) is 17.0 Å². The summed E-state index contributed by atoms with van der Waals surface area (Å²) in [6, 6.07) is 12.1. The van der Waals surface area contributed by atoms with E-state index in [1.807, 2.05) is 35.8 Å². The quantitative estimate of drug-likeness (QED) is 0.233. The molecule has 3 aromatic heterocycles. The van der Waals surface area contributed by atoms with Gasteiger partial charge in [-0.25, -0.2) is 25.1 Å². The fraction of sp³-hybridized carbons (Fsp3) is 0.150. The lowest BCUT2D eigenvalue weighted by Gasteiger charge is -2.06. The lowest BCUT2D eigenvalue weighted by Crippen LogP contribution is -2.08. The number of nitrogens with two attached hydrogens (primary N) is 1. The molecule has 10 nitrogen and oxygen atoms in total. The number of aromatic nitrogens is 4. The van der Waals surface area contributed by atoms with Crippen molar-refractivity contribution in [2.45, 2.75) is 18.8 Å². The minimum atomic E-state index is -0.696. The number of hydrogen-bond donors (Lipinski definition) is 3. The lowest BCUT2D eigenvalue weighted by atomic mass is 10.3. The third-order valence-electron chi connectivity index (χ3n) is 4.37. The molecule has 0 aliphatic heterocycles. The van der Waals surface area contributed by atoms with Crippen molar-refractivity contribution >= 4 is 34.3 Å². The second-order valence-corrected chi connectivity index (χ2v) is 7.24. The molecule has 0 atom stereocenters. The summed E-state index contributed by atoms with van der Waals surface area (Å²) >= 11 is 5.53. The molecule has 0 amide bonds. The number of aromatic amines is 1. The number of hydrazine groups is 1. The van der Waals surface area contributed by atoms with Gasteiger partial charge in [-0.15, -0.1) is 0 Å². The van der Waals surface area contributed by atoms with Gasteiger partial charge in [-0.05, 0) is 43.2 Å². The molecule has 1 saturated carbocycles. The van der Waals surface area contributed by atoms with Crippen molar-refractivity contribution in [2.24, 2.45) is 0 Å². The normalized spacial score (nSPS) is 12.7. The Balaban J connectivity index is 0.000000180. The van der Waals surface area contributed by atoms with Crippen LogP contribution in [0.3, 0.4) is 0 Å². The fourth-order valence-electron chi connectivity index (χ4n) is 2.76. The number of fused-ring (bicyclic) bond motifs is 1. The first-order chi connectivity index (χ1) is 15.0. The zero-order valence-corrected chi connectivity index (χ0v) is 16.9. The minimum Gasteiger partial charge on any atom is -0.455 e. The highest BCUT2D eigenvalue weighted by Crippen LogP contribution is 2.40. The maximum Gasteiger partial charge on any atom is 0.192 e. The van der Waals surface area contributed by atoms with Gasteiger partial charge in [0.1, 0.15) is 17.1 Å². The Bertz CT molecular complexity index is 1210. The SMILES string of the molecule is Nc1ccc(Oc2ccnc3nc(C4CC4)[nH]c23)cc1.O=[N+]([O-])Nc1cc(Cl)ccn1. The third-order valence-corrected chi connectivity index (χ3v) is 4.61. The second kappa shape index (κ2) is 8.84. The highest BCUT2D eigenvalue weighted by atomic mass is 35.5. The molecule has 11 heteroatoms. The van der Waals surface area contributed by atoms with Crippen LogP contribution in [0.2, 0.25) is 5.02 Å². The molecule has 3 heterocycles. The first-order valence-corrected chi connectivity index (χ1v) is 9.76. The molecule has 1 aromatic carbocycles. The van der Waals surface area contributed by atoms with Crippen LogP contribution in [0.5, 0.6) is 11.5 Å². The van der Waals surface area contributed by atoms with E-state index in [-0.39, 0.29) is 5.82 Å². The van der Waals surface area contributed by atoms with E-state index in [0.29, 0.717) is 16.6 Å². The molecule has 0 saturated heterocycles. The van der Waals surface area contributed by atoms with Crippen LogP contribution in [0, 0.1) is 10.1 Å². The summed E-state index contributed by atoms with van der Waals surface area (Å²) in [7, 11) is 0. The van der Waals surface area contributed by atoms with Crippen LogP contribution in [-0.4, -0.2) is 25.0 Å². The summed E-state index contributed by atoms with van der Waals surface area (Å²) in [6.07, 6.45) is 5.50. The summed E-state index contributed by atoms with van der Waals surface area (Å²) < 4.78 is 5.89. The van der Waals surface area contributed by atoms with Crippen molar-refractivity contribution in [3.63, 3.8) is 0 Å². The van der Waals surface area contributed by atoms with E-state index in [1.165, 1.54) is 31.2 Å². The van der Waals surface area contributed by atoms with E-state index in [2.05, 4.69) is 19.9 Å². The molecular formula is C20H18ClN7O3. The lowest BCUT2D eigenvalue weighted by molar-refractivity contribution is -0.445. The molecule has 5 rings (SSSR count). The number of anilines is 2. The maximum atomic E-state index is 9.89. The molecule has 158 valence electrons. The van der Waals surface area contributed by atoms with Crippen molar-refractivity contribution in [3.8, 4) is 11.5 Å². The van der Waals surface area contributed by atoms with Crippen LogP contribution in [0.25, 0.3) is 11.2 Å². The molecular weight excluding hydrogens is 422 g/mol. The number of nitrogens with zero attached hydrogens (tertiary/aromatic N) is 4. The summed E-state index contributed by atoms with van der Waals surface area (Å²) in [4.78, 5) is 25.7. The Morgan fingerprint density at radius 2 is 1.90 bits per heavy atom. The number of benzene rings is 1.